The summed E-state index contributed by atoms with van der Waals surface area (Å²) < 4.78 is 2.20. The van der Waals surface area contributed by atoms with Crippen molar-refractivity contribution in [2.24, 2.45) is 4.99 Å². The van der Waals surface area contributed by atoms with E-state index in [9.17, 15) is 0 Å². The molecule has 1 heterocycles. The standard InChI is InChI=1S/C29H27N2/c1-2-9-27-20-28(14-15-29(27)22-30-21-24-10-5-3-6-11-24)26-16-18-31(19-17-26)23-25-12-7-4-8-13-25/h2-20,22H,21,23H2,1H3/q+1/b9-2-,30-22?. The Morgan fingerprint density at radius 2 is 1.39 bits per heavy atom. The Hall–Kier alpha value is -3.78. The Morgan fingerprint density at radius 3 is 2.06 bits per heavy atom. The van der Waals surface area contributed by atoms with E-state index in [1.807, 2.05) is 31.3 Å². The van der Waals surface area contributed by atoms with Crippen LogP contribution in [0.15, 0.2) is 114 Å². The Balaban J connectivity index is 1.51. The molecule has 0 saturated heterocycles. The minimum absolute atomic E-state index is 0.692. The van der Waals surface area contributed by atoms with Gasteiger partial charge in [-0.25, -0.2) is 4.57 Å². The van der Waals surface area contributed by atoms with E-state index >= 15 is 0 Å². The zero-order valence-electron chi connectivity index (χ0n) is 17.9. The fraction of sp³-hybridized carbons (Fsp3) is 0.103. The maximum atomic E-state index is 4.65. The van der Waals surface area contributed by atoms with Gasteiger partial charge < -0.3 is 0 Å². The number of hydrogen-bond donors (Lipinski definition) is 0. The first-order valence-electron chi connectivity index (χ1n) is 10.7. The highest BCUT2D eigenvalue weighted by molar-refractivity contribution is 5.87. The van der Waals surface area contributed by atoms with Crippen LogP contribution in [-0.2, 0) is 13.1 Å². The second-order valence-electron chi connectivity index (χ2n) is 7.54. The summed E-state index contributed by atoms with van der Waals surface area (Å²) in [4.78, 5) is 4.65. The van der Waals surface area contributed by atoms with Gasteiger partial charge in [0, 0.05) is 23.9 Å². The minimum atomic E-state index is 0.692. The van der Waals surface area contributed by atoms with E-state index in [4.69, 9.17) is 0 Å². The molecular formula is C29H27N2+. The summed E-state index contributed by atoms with van der Waals surface area (Å²) in [6.07, 6.45) is 10.5. The molecule has 31 heavy (non-hydrogen) atoms. The highest BCUT2D eigenvalue weighted by Gasteiger charge is 2.06. The van der Waals surface area contributed by atoms with Crippen LogP contribution >= 0.6 is 0 Å². The molecule has 0 aliphatic rings. The van der Waals surface area contributed by atoms with E-state index in [1.54, 1.807) is 0 Å². The van der Waals surface area contributed by atoms with Gasteiger partial charge in [0.25, 0.3) is 0 Å². The molecule has 0 aliphatic carbocycles. The van der Waals surface area contributed by atoms with Gasteiger partial charge in [-0.1, -0.05) is 84.9 Å². The van der Waals surface area contributed by atoms with E-state index in [2.05, 4.69) is 107 Å². The molecule has 0 atom stereocenters. The lowest BCUT2D eigenvalue weighted by Crippen LogP contribution is -2.32. The third-order valence-electron chi connectivity index (χ3n) is 5.21. The van der Waals surface area contributed by atoms with Crippen molar-refractivity contribution in [3.63, 3.8) is 0 Å². The van der Waals surface area contributed by atoms with Crippen molar-refractivity contribution in [2.75, 3.05) is 0 Å². The van der Waals surface area contributed by atoms with Gasteiger partial charge >= 0.3 is 0 Å². The molecule has 0 radical (unpaired) electrons. The van der Waals surface area contributed by atoms with Crippen molar-refractivity contribution in [1.82, 2.24) is 0 Å². The third kappa shape index (κ3) is 5.64. The number of benzene rings is 3. The van der Waals surface area contributed by atoms with Crippen molar-refractivity contribution in [3.05, 3.63) is 132 Å². The number of nitrogens with zero attached hydrogens (tertiary/aromatic N) is 2. The highest BCUT2D eigenvalue weighted by Crippen LogP contribution is 2.22. The number of aliphatic imine (C=N–C) groups is 1. The van der Waals surface area contributed by atoms with Crippen molar-refractivity contribution < 1.29 is 4.57 Å². The summed E-state index contributed by atoms with van der Waals surface area (Å²) in [5, 5.41) is 0. The van der Waals surface area contributed by atoms with E-state index in [0.29, 0.717) is 6.54 Å². The first-order valence-corrected chi connectivity index (χ1v) is 10.7. The molecule has 3 aromatic carbocycles. The molecule has 2 nitrogen and oxygen atoms in total. The van der Waals surface area contributed by atoms with Crippen LogP contribution in [0.1, 0.15) is 29.2 Å². The molecule has 0 spiro atoms. The zero-order valence-corrected chi connectivity index (χ0v) is 17.9. The first kappa shape index (κ1) is 20.5. The van der Waals surface area contributed by atoms with Gasteiger partial charge in [-0.3, -0.25) is 4.99 Å². The predicted molar refractivity (Wildman–Crippen MR) is 130 cm³/mol. The Bertz CT molecular complexity index is 1160. The molecule has 0 fully saturated rings. The second kappa shape index (κ2) is 10.3. The summed E-state index contributed by atoms with van der Waals surface area (Å²) in [6.45, 7) is 3.62. The topological polar surface area (TPSA) is 16.2 Å². The van der Waals surface area contributed by atoms with Crippen LogP contribution in [-0.4, -0.2) is 6.21 Å². The predicted octanol–water partition coefficient (Wildman–Crippen LogP) is 6.34. The summed E-state index contributed by atoms with van der Waals surface area (Å²) in [6, 6.07) is 31.8. The zero-order chi connectivity index (χ0) is 21.3. The maximum Gasteiger partial charge on any atom is 0.173 e. The second-order valence-corrected chi connectivity index (χ2v) is 7.54. The van der Waals surface area contributed by atoms with E-state index in [0.717, 1.165) is 12.1 Å². The molecule has 4 rings (SSSR count). The van der Waals surface area contributed by atoms with E-state index < -0.39 is 0 Å². The molecule has 4 aromatic rings. The van der Waals surface area contributed by atoms with Crippen molar-refractivity contribution in [3.8, 4) is 11.1 Å². The molecule has 0 bridgehead atoms. The Kier molecular flexibility index (Phi) is 6.81. The molecule has 0 unspecified atom stereocenters. The lowest BCUT2D eigenvalue weighted by Gasteiger charge is -2.07. The van der Waals surface area contributed by atoms with Crippen molar-refractivity contribution in [1.29, 1.82) is 0 Å². The fourth-order valence-corrected chi connectivity index (χ4v) is 3.58. The molecule has 0 N–H and O–H groups in total. The van der Waals surface area contributed by atoms with Gasteiger partial charge in [0.05, 0.1) is 6.54 Å². The Morgan fingerprint density at radius 1 is 0.710 bits per heavy atom. The van der Waals surface area contributed by atoms with E-state index in [-0.39, 0.29) is 0 Å². The van der Waals surface area contributed by atoms with Crippen molar-refractivity contribution >= 4 is 12.3 Å². The first-order chi connectivity index (χ1) is 15.3. The van der Waals surface area contributed by atoms with Gasteiger partial charge in [0.2, 0.25) is 0 Å². The van der Waals surface area contributed by atoms with Crippen LogP contribution in [0.2, 0.25) is 0 Å². The monoisotopic (exact) mass is 403 g/mol. The molecule has 0 amide bonds. The number of hydrogen-bond acceptors (Lipinski definition) is 1. The van der Waals surface area contributed by atoms with Gasteiger partial charge in [0.1, 0.15) is 0 Å². The number of pyridine rings is 1. The summed E-state index contributed by atoms with van der Waals surface area (Å²) >= 11 is 0. The van der Waals surface area contributed by atoms with Crippen LogP contribution in [0.4, 0.5) is 0 Å². The quantitative estimate of drug-likeness (QED) is 0.253. The normalized spacial score (nSPS) is 11.4. The van der Waals surface area contributed by atoms with Crippen LogP contribution in [0, 0.1) is 0 Å². The molecular weight excluding hydrogens is 376 g/mol. The summed E-state index contributed by atoms with van der Waals surface area (Å²) in [7, 11) is 0. The molecule has 2 heteroatoms. The number of allylic oxidation sites excluding steroid dienone is 1. The average molecular weight is 404 g/mol. The fourth-order valence-electron chi connectivity index (χ4n) is 3.58. The Labute approximate surface area is 184 Å². The lowest BCUT2D eigenvalue weighted by atomic mass is 9.99. The average Bonchev–Trinajstić information content (AvgIpc) is 2.82. The summed E-state index contributed by atoms with van der Waals surface area (Å²) in [5.41, 5.74) is 7.25. The largest absolute Gasteiger partial charge is 0.288 e. The highest BCUT2D eigenvalue weighted by atomic mass is 14.9. The molecule has 1 aromatic heterocycles. The third-order valence-corrected chi connectivity index (χ3v) is 5.21. The molecule has 152 valence electrons. The van der Waals surface area contributed by atoms with Gasteiger partial charge in [-0.15, -0.1) is 0 Å². The van der Waals surface area contributed by atoms with Crippen molar-refractivity contribution in [2.45, 2.75) is 20.0 Å². The van der Waals surface area contributed by atoms with Crippen LogP contribution in [0.25, 0.3) is 17.2 Å². The SMILES string of the molecule is C/C=C\c1cc(-c2cc[n+](Cc3ccccc3)cc2)ccc1C=NCc1ccccc1. The van der Waals surface area contributed by atoms with Crippen LogP contribution in [0.3, 0.4) is 0 Å². The van der Waals surface area contributed by atoms with E-state index in [1.165, 1.54) is 27.8 Å². The van der Waals surface area contributed by atoms with Gasteiger partial charge in [0.15, 0.2) is 18.9 Å². The lowest BCUT2D eigenvalue weighted by molar-refractivity contribution is -0.688. The number of rotatable bonds is 7. The van der Waals surface area contributed by atoms with Crippen LogP contribution in [0.5, 0.6) is 0 Å². The van der Waals surface area contributed by atoms with Crippen LogP contribution < -0.4 is 4.57 Å². The summed E-state index contributed by atoms with van der Waals surface area (Å²) in [5.74, 6) is 0. The minimum Gasteiger partial charge on any atom is -0.288 e. The molecule has 0 aliphatic heterocycles. The van der Waals surface area contributed by atoms with Gasteiger partial charge in [-0.05, 0) is 40.8 Å². The maximum absolute atomic E-state index is 4.65. The number of aromatic nitrogens is 1. The smallest absolute Gasteiger partial charge is 0.173 e. The molecule has 0 saturated carbocycles. The van der Waals surface area contributed by atoms with Gasteiger partial charge in [-0.2, -0.15) is 0 Å².